The summed E-state index contributed by atoms with van der Waals surface area (Å²) >= 11 is 0. The van der Waals surface area contributed by atoms with Gasteiger partial charge in [-0.05, 0) is 38.0 Å². The molecule has 3 heteroatoms. The van der Waals surface area contributed by atoms with Crippen LogP contribution in [0.4, 0.5) is 0 Å². The molecular weight excluding hydrogens is 224 g/mol. The van der Waals surface area contributed by atoms with Crippen LogP contribution >= 0.6 is 0 Å². The molecule has 3 nitrogen and oxygen atoms in total. The fourth-order valence-corrected chi connectivity index (χ4v) is 2.68. The minimum atomic E-state index is 0.181. The minimum Gasteiger partial charge on any atom is -0.342 e. The second-order valence-electron chi connectivity index (χ2n) is 4.79. The molecule has 1 aliphatic rings. The van der Waals surface area contributed by atoms with E-state index in [-0.39, 0.29) is 11.8 Å². The maximum absolute atomic E-state index is 11.8. The fraction of sp³-hybridized carbons (Fsp3) is 0.333. The number of hydrogen-bond acceptors (Lipinski definition) is 2. The van der Waals surface area contributed by atoms with Gasteiger partial charge in [-0.3, -0.25) is 9.78 Å². The van der Waals surface area contributed by atoms with E-state index in [1.165, 1.54) is 5.69 Å². The van der Waals surface area contributed by atoms with Crippen molar-refractivity contribution >= 4 is 5.78 Å². The molecule has 0 fully saturated rings. The van der Waals surface area contributed by atoms with Gasteiger partial charge in [0.1, 0.15) is 0 Å². The SMILES string of the molecule is CC(c1ccccn1)n1ccc2c1CCCC2=O. The van der Waals surface area contributed by atoms with Crippen LogP contribution in [0.2, 0.25) is 0 Å². The Labute approximate surface area is 106 Å². The van der Waals surface area contributed by atoms with Gasteiger partial charge in [-0.25, -0.2) is 0 Å². The molecule has 2 heterocycles. The number of hydrogen-bond donors (Lipinski definition) is 0. The van der Waals surface area contributed by atoms with Crippen molar-refractivity contribution < 1.29 is 4.79 Å². The Bertz CT molecular complexity index is 571. The van der Waals surface area contributed by atoms with Gasteiger partial charge in [0.05, 0.1) is 11.7 Å². The second kappa shape index (κ2) is 4.41. The molecule has 1 atom stereocenters. The highest BCUT2D eigenvalue weighted by Gasteiger charge is 2.23. The van der Waals surface area contributed by atoms with E-state index in [0.717, 1.165) is 24.1 Å². The third-order valence-electron chi connectivity index (χ3n) is 3.68. The van der Waals surface area contributed by atoms with Crippen molar-refractivity contribution in [2.45, 2.75) is 32.2 Å². The zero-order valence-electron chi connectivity index (χ0n) is 10.5. The summed E-state index contributed by atoms with van der Waals surface area (Å²) in [5.74, 6) is 0.281. The Morgan fingerprint density at radius 1 is 1.28 bits per heavy atom. The van der Waals surface area contributed by atoms with Crippen molar-refractivity contribution in [3.05, 3.63) is 53.6 Å². The molecule has 0 radical (unpaired) electrons. The van der Waals surface area contributed by atoms with E-state index in [4.69, 9.17) is 0 Å². The Hall–Kier alpha value is -1.90. The van der Waals surface area contributed by atoms with Gasteiger partial charge in [0, 0.05) is 30.1 Å². The molecule has 1 unspecified atom stereocenters. The summed E-state index contributed by atoms with van der Waals surface area (Å²) in [6.07, 6.45) is 6.48. The summed E-state index contributed by atoms with van der Waals surface area (Å²) in [7, 11) is 0. The van der Waals surface area contributed by atoms with Crippen molar-refractivity contribution in [2.24, 2.45) is 0 Å². The van der Waals surface area contributed by atoms with Crippen molar-refractivity contribution in [1.82, 2.24) is 9.55 Å². The standard InChI is InChI=1S/C15H16N2O/c1-11(13-5-2-3-9-16-13)17-10-8-12-14(17)6-4-7-15(12)18/h2-3,5,8-11H,4,6-7H2,1H3. The van der Waals surface area contributed by atoms with Gasteiger partial charge in [-0.15, -0.1) is 0 Å². The largest absolute Gasteiger partial charge is 0.342 e. The second-order valence-corrected chi connectivity index (χ2v) is 4.79. The van der Waals surface area contributed by atoms with Crippen molar-refractivity contribution in [3.63, 3.8) is 0 Å². The lowest BCUT2D eigenvalue weighted by molar-refractivity contribution is 0.0971. The first kappa shape index (κ1) is 11.2. The first-order valence-electron chi connectivity index (χ1n) is 6.41. The lowest BCUT2D eigenvalue weighted by Gasteiger charge is -2.20. The van der Waals surface area contributed by atoms with Gasteiger partial charge in [0.2, 0.25) is 0 Å². The van der Waals surface area contributed by atoms with E-state index >= 15 is 0 Å². The van der Waals surface area contributed by atoms with Gasteiger partial charge in [-0.1, -0.05) is 6.07 Å². The van der Waals surface area contributed by atoms with Gasteiger partial charge >= 0.3 is 0 Å². The van der Waals surface area contributed by atoms with Crippen LogP contribution in [-0.2, 0) is 6.42 Å². The minimum absolute atomic E-state index is 0.181. The summed E-state index contributed by atoms with van der Waals surface area (Å²) in [4.78, 5) is 16.2. The third-order valence-corrected chi connectivity index (χ3v) is 3.68. The van der Waals surface area contributed by atoms with Gasteiger partial charge in [0.15, 0.2) is 5.78 Å². The van der Waals surface area contributed by atoms with Crippen LogP contribution in [0.25, 0.3) is 0 Å². The highest BCUT2D eigenvalue weighted by molar-refractivity contribution is 5.98. The van der Waals surface area contributed by atoms with Crippen LogP contribution in [0.5, 0.6) is 0 Å². The first-order valence-corrected chi connectivity index (χ1v) is 6.41. The average molecular weight is 240 g/mol. The molecule has 0 amide bonds. The van der Waals surface area contributed by atoms with Gasteiger partial charge in [0.25, 0.3) is 0 Å². The zero-order valence-corrected chi connectivity index (χ0v) is 10.5. The number of fused-ring (bicyclic) bond motifs is 1. The van der Waals surface area contributed by atoms with E-state index in [1.54, 1.807) is 0 Å². The third kappa shape index (κ3) is 1.76. The molecule has 0 aliphatic heterocycles. The molecule has 0 aromatic carbocycles. The molecule has 0 saturated carbocycles. The van der Waals surface area contributed by atoms with E-state index in [0.29, 0.717) is 6.42 Å². The molecule has 3 rings (SSSR count). The molecule has 0 saturated heterocycles. The van der Waals surface area contributed by atoms with E-state index in [1.807, 2.05) is 36.7 Å². The van der Waals surface area contributed by atoms with Crippen LogP contribution in [0.1, 0.15) is 47.6 Å². The van der Waals surface area contributed by atoms with Crippen molar-refractivity contribution in [3.8, 4) is 0 Å². The molecular formula is C15H16N2O. The van der Waals surface area contributed by atoms with Gasteiger partial charge < -0.3 is 4.57 Å². The summed E-state index contributed by atoms with van der Waals surface area (Å²) in [6.45, 7) is 2.13. The van der Waals surface area contributed by atoms with Crippen molar-refractivity contribution in [2.75, 3.05) is 0 Å². The molecule has 1 aliphatic carbocycles. The highest BCUT2D eigenvalue weighted by Crippen LogP contribution is 2.27. The normalized spacial score (nSPS) is 16.4. The average Bonchev–Trinajstić information content (AvgIpc) is 2.84. The smallest absolute Gasteiger partial charge is 0.164 e. The molecule has 2 aromatic heterocycles. The van der Waals surface area contributed by atoms with Crippen LogP contribution in [0.15, 0.2) is 36.7 Å². The Balaban J connectivity index is 2.01. The Morgan fingerprint density at radius 2 is 2.17 bits per heavy atom. The molecule has 0 bridgehead atoms. The zero-order chi connectivity index (χ0) is 12.5. The van der Waals surface area contributed by atoms with E-state index < -0.39 is 0 Å². The lowest BCUT2D eigenvalue weighted by Crippen LogP contribution is -2.16. The molecule has 2 aromatic rings. The number of carbonyl (C=O) groups excluding carboxylic acids is 1. The van der Waals surface area contributed by atoms with Crippen LogP contribution in [0, 0.1) is 0 Å². The number of ketones is 1. The summed E-state index contributed by atoms with van der Waals surface area (Å²) in [5.41, 5.74) is 3.11. The highest BCUT2D eigenvalue weighted by atomic mass is 16.1. The number of pyridine rings is 1. The number of carbonyl (C=O) groups is 1. The number of nitrogens with zero attached hydrogens (tertiary/aromatic N) is 2. The van der Waals surface area contributed by atoms with Crippen LogP contribution in [-0.4, -0.2) is 15.3 Å². The van der Waals surface area contributed by atoms with Crippen molar-refractivity contribution in [1.29, 1.82) is 0 Å². The number of rotatable bonds is 2. The molecule has 18 heavy (non-hydrogen) atoms. The summed E-state index contributed by atoms with van der Waals surface area (Å²) in [5, 5.41) is 0. The molecule has 0 N–H and O–H groups in total. The summed E-state index contributed by atoms with van der Waals surface area (Å²) < 4.78 is 2.19. The predicted molar refractivity (Wildman–Crippen MR) is 69.8 cm³/mol. The van der Waals surface area contributed by atoms with Gasteiger partial charge in [-0.2, -0.15) is 0 Å². The maximum atomic E-state index is 11.8. The molecule has 0 spiro atoms. The van der Waals surface area contributed by atoms with E-state index in [2.05, 4.69) is 16.5 Å². The van der Waals surface area contributed by atoms with Crippen LogP contribution in [0.3, 0.4) is 0 Å². The topological polar surface area (TPSA) is 34.9 Å². The fourth-order valence-electron chi connectivity index (χ4n) is 2.68. The van der Waals surface area contributed by atoms with Crippen LogP contribution < -0.4 is 0 Å². The number of Topliss-reactive ketones (excluding diaryl/α,β-unsaturated/α-hetero) is 1. The quantitative estimate of drug-likeness (QED) is 0.808. The molecule has 92 valence electrons. The summed E-state index contributed by atoms with van der Waals surface area (Å²) in [6, 6.07) is 8.09. The monoisotopic (exact) mass is 240 g/mol. The Kier molecular flexibility index (Phi) is 2.74. The Morgan fingerprint density at radius 3 is 2.94 bits per heavy atom. The number of aromatic nitrogens is 2. The first-order chi connectivity index (χ1) is 8.77. The lowest BCUT2D eigenvalue weighted by atomic mass is 9.96. The van der Waals surface area contributed by atoms with E-state index in [9.17, 15) is 4.79 Å². The maximum Gasteiger partial charge on any atom is 0.164 e. The predicted octanol–water partition coefficient (Wildman–Crippen LogP) is 3.01.